The molecular formula is C26H20BrN3O3. The third-order valence-corrected chi connectivity index (χ3v) is 6.08. The number of aromatic nitrogens is 1. The Morgan fingerprint density at radius 3 is 2.48 bits per heavy atom. The number of nitrogens with one attached hydrogen (secondary N) is 1. The summed E-state index contributed by atoms with van der Waals surface area (Å²) in [6.07, 6.45) is 1.56. The maximum atomic E-state index is 12.6. The highest BCUT2D eigenvalue weighted by Crippen LogP contribution is 2.36. The van der Waals surface area contributed by atoms with Crippen LogP contribution < -0.4 is 14.9 Å². The zero-order chi connectivity index (χ0) is 22.8. The average Bonchev–Trinajstić information content (AvgIpc) is 3.45. The fourth-order valence-electron chi connectivity index (χ4n) is 3.73. The van der Waals surface area contributed by atoms with E-state index in [0.29, 0.717) is 17.1 Å². The van der Waals surface area contributed by atoms with E-state index in [4.69, 9.17) is 9.47 Å². The van der Waals surface area contributed by atoms with Crippen molar-refractivity contribution in [2.45, 2.75) is 6.92 Å². The van der Waals surface area contributed by atoms with Crippen molar-refractivity contribution < 1.29 is 14.3 Å². The first kappa shape index (κ1) is 21.0. The first-order valence-electron chi connectivity index (χ1n) is 10.4. The minimum atomic E-state index is -0.290. The zero-order valence-electron chi connectivity index (χ0n) is 17.8. The van der Waals surface area contributed by atoms with Gasteiger partial charge in [-0.1, -0.05) is 30.3 Å². The van der Waals surface area contributed by atoms with E-state index < -0.39 is 0 Å². The van der Waals surface area contributed by atoms with Crippen molar-refractivity contribution in [1.82, 2.24) is 9.99 Å². The SMILES string of the molecule is Cc1ccc(-c2ccccc2)n1-c1ccc(C(=O)N/N=C\c2cc3c(cc2Br)OCO3)cc1. The Balaban J connectivity index is 1.31. The van der Waals surface area contributed by atoms with E-state index in [2.05, 4.69) is 62.2 Å². The summed E-state index contributed by atoms with van der Waals surface area (Å²) < 4.78 is 13.7. The first-order valence-corrected chi connectivity index (χ1v) is 11.2. The second-order valence-electron chi connectivity index (χ2n) is 7.53. The zero-order valence-corrected chi connectivity index (χ0v) is 19.4. The molecule has 0 saturated carbocycles. The number of amides is 1. The lowest BCUT2D eigenvalue weighted by Crippen LogP contribution is -2.17. The van der Waals surface area contributed by atoms with Gasteiger partial charge in [0.25, 0.3) is 5.91 Å². The normalized spacial score (nSPS) is 12.3. The Morgan fingerprint density at radius 1 is 1.00 bits per heavy atom. The molecule has 0 bridgehead atoms. The second kappa shape index (κ2) is 8.96. The minimum Gasteiger partial charge on any atom is -0.454 e. The average molecular weight is 502 g/mol. The van der Waals surface area contributed by atoms with E-state index in [-0.39, 0.29) is 12.7 Å². The number of hydrogen-bond donors (Lipinski definition) is 1. The minimum absolute atomic E-state index is 0.199. The lowest BCUT2D eigenvalue weighted by Gasteiger charge is -2.12. The van der Waals surface area contributed by atoms with Gasteiger partial charge in [0.05, 0.1) is 11.9 Å². The van der Waals surface area contributed by atoms with Gasteiger partial charge < -0.3 is 14.0 Å². The highest BCUT2D eigenvalue weighted by molar-refractivity contribution is 9.10. The van der Waals surface area contributed by atoms with Crippen LogP contribution in [0.15, 0.2) is 88.4 Å². The number of hydrogen-bond acceptors (Lipinski definition) is 4. The van der Waals surface area contributed by atoms with Crippen molar-refractivity contribution >= 4 is 28.1 Å². The second-order valence-corrected chi connectivity index (χ2v) is 8.39. The fraction of sp³-hybridized carbons (Fsp3) is 0.0769. The molecule has 6 nitrogen and oxygen atoms in total. The van der Waals surface area contributed by atoms with E-state index in [1.165, 1.54) is 0 Å². The van der Waals surface area contributed by atoms with Crippen molar-refractivity contribution in [3.8, 4) is 28.4 Å². The van der Waals surface area contributed by atoms with E-state index in [0.717, 1.165) is 32.7 Å². The molecule has 1 aromatic heterocycles. The predicted octanol–water partition coefficient (Wildman–Crippen LogP) is 5.71. The van der Waals surface area contributed by atoms with Crippen LogP contribution in [0.25, 0.3) is 16.9 Å². The van der Waals surface area contributed by atoms with Crippen LogP contribution in [0.1, 0.15) is 21.6 Å². The molecule has 7 heteroatoms. The molecule has 5 rings (SSSR count). The van der Waals surface area contributed by atoms with Gasteiger partial charge in [-0.2, -0.15) is 5.10 Å². The van der Waals surface area contributed by atoms with Gasteiger partial charge >= 0.3 is 0 Å². The highest BCUT2D eigenvalue weighted by atomic mass is 79.9. The summed E-state index contributed by atoms with van der Waals surface area (Å²) in [6.45, 7) is 2.26. The van der Waals surface area contributed by atoms with Crippen molar-refractivity contribution in [2.24, 2.45) is 5.10 Å². The maximum absolute atomic E-state index is 12.6. The monoisotopic (exact) mass is 501 g/mol. The molecule has 1 N–H and O–H groups in total. The number of ether oxygens (including phenoxy) is 2. The van der Waals surface area contributed by atoms with E-state index >= 15 is 0 Å². The van der Waals surface area contributed by atoms with Crippen LogP contribution in [0, 0.1) is 6.92 Å². The third kappa shape index (κ3) is 4.27. The van der Waals surface area contributed by atoms with Gasteiger partial charge in [-0.25, -0.2) is 5.43 Å². The molecule has 0 radical (unpaired) electrons. The highest BCUT2D eigenvalue weighted by Gasteiger charge is 2.16. The molecule has 0 atom stereocenters. The molecule has 0 aliphatic carbocycles. The molecule has 1 aliphatic rings. The van der Waals surface area contributed by atoms with Crippen LogP contribution in [-0.2, 0) is 0 Å². The van der Waals surface area contributed by atoms with Gasteiger partial charge in [0.2, 0.25) is 6.79 Å². The topological polar surface area (TPSA) is 64.9 Å². The number of carbonyl (C=O) groups excluding carboxylic acids is 1. The van der Waals surface area contributed by atoms with E-state index in [1.54, 1.807) is 24.4 Å². The molecule has 0 unspecified atom stereocenters. The number of benzene rings is 3. The molecule has 33 heavy (non-hydrogen) atoms. The van der Waals surface area contributed by atoms with Gasteiger partial charge in [0.15, 0.2) is 11.5 Å². The molecular weight excluding hydrogens is 482 g/mol. The van der Waals surface area contributed by atoms with Crippen LogP contribution in [-0.4, -0.2) is 23.5 Å². The van der Waals surface area contributed by atoms with Crippen LogP contribution in [0.3, 0.4) is 0 Å². The summed E-state index contributed by atoms with van der Waals surface area (Å²) in [6, 6.07) is 25.5. The molecule has 1 amide bonds. The van der Waals surface area contributed by atoms with Crippen molar-refractivity contribution in [1.29, 1.82) is 0 Å². The number of carbonyl (C=O) groups is 1. The molecule has 2 heterocycles. The number of nitrogens with zero attached hydrogens (tertiary/aromatic N) is 2. The standard InChI is InChI=1S/C26H20BrN3O3/c1-17-7-12-23(18-5-3-2-4-6-18)30(17)21-10-8-19(9-11-21)26(31)29-28-15-20-13-24-25(14-22(20)27)33-16-32-24/h2-15H,16H2,1H3,(H,29,31)/b28-15-. The van der Waals surface area contributed by atoms with E-state index in [1.807, 2.05) is 36.4 Å². The molecule has 1 aliphatic heterocycles. The summed E-state index contributed by atoms with van der Waals surface area (Å²) in [5, 5.41) is 4.09. The van der Waals surface area contributed by atoms with Crippen LogP contribution in [0.2, 0.25) is 0 Å². The van der Waals surface area contributed by atoms with Crippen LogP contribution in [0.4, 0.5) is 0 Å². The van der Waals surface area contributed by atoms with Gasteiger partial charge in [-0.05, 0) is 76.9 Å². The lowest BCUT2D eigenvalue weighted by molar-refractivity contribution is 0.0955. The predicted molar refractivity (Wildman–Crippen MR) is 131 cm³/mol. The molecule has 0 spiro atoms. The third-order valence-electron chi connectivity index (χ3n) is 5.39. The van der Waals surface area contributed by atoms with Gasteiger partial charge in [0.1, 0.15) is 0 Å². The number of hydrazone groups is 1. The Hall–Kier alpha value is -3.84. The van der Waals surface area contributed by atoms with Gasteiger partial charge in [0, 0.05) is 27.0 Å². The fourth-order valence-corrected chi connectivity index (χ4v) is 4.16. The number of fused-ring (bicyclic) bond motifs is 1. The largest absolute Gasteiger partial charge is 0.454 e. The molecule has 164 valence electrons. The lowest BCUT2D eigenvalue weighted by atomic mass is 10.1. The molecule has 0 fully saturated rings. The Bertz CT molecular complexity index is 1350. The Kier molecular flexibility index (Phi) is 5.71. The number of aryl methyl sites for hydroxylation is 1. The summed E-state index contributed by atoms with van der Waals surface area (Å²) in [5.41, 5.74) is 8.21. The maximum Gasteiger partial charge on any atom is 0.271 e. The summed E-state index contributed by atoms with van der Waals surface area (Å²) in [4.78, 5) is 12.6. The van der Waals surface area contributed by atoms with Crippen molar-refractivity contribution in [2.75, 3.05) is 6.79 Å². The number of rotatable bonds is 5. The summed E-state index contributed by atoms with van der Waals surface area (Å²) in [7, 11) is 0. The molecule has 3 aromatic carbocycles. The summed E-state index contributed by atoms with van der Waals surface area (Å²) in [5.74, 6) is 1.04. The van der Waals surface area contributed by atoms with Crippen molar-refractivity contribution in [3.63, 3.8) is 0 Å². The van der Waals surface area contributed by atoms with Crippen LogP contribution in [0.5, 0.6) is 11.5 Å². The number of halogens is 1. The quantitative estimate of drug-likeness (QED) is 0.281. The van der Waals surface area contributed by atoms with Crippen LogP contribution >= 0.6 is 15.9 Å². The van der Waals surface area contributed by atoms with E-state index in [9.17, 15) is 4.79 Å². The summed E-state index contributed by atoms with van der Waals surface area (Å²) >= 11 is 3.48. The smallest absolute Gasteiger partial charge is 0.271 e. The molecule has 0 saturated heterocycles. The van der Waals surface area contributed by atoms with Gasteiger partial charge in [-0.15, -0.1) is 0 Å². The van der Waals surface area contributed by atoms with Gasteiger partial charge in [-0.3, -0.25) is 4.79 Å². The first-order chi connectivity index (χ1) is 16.1. The Morgan fingerprint density at radius 2 is 1.73 bits per heavy atom. The molecule has 4 aromatic rings. The Labute approximate surface area is 199 Å². The van der Waals surface area contributed by atoms with Crippen molar-refractivity contribution in [3.05, 3.63) is 100 Å².